The van der Waals surface area contributed by atoms with Gasteiger partial charge in [-0.15, -0.1) is 0 Å². The van der Waals surface area contributed by atoms with E-state index in [4.69, 9.17) is 4.74 Å². The van der Waals surface area contributed by atoms with Crippen LogP contribution in [0.5, 0.6) is 0 Å². The number of aromatic nitrogens is 2. The fraction of sp³-hybridized carbons (Fsp3) is 0.846. The van der Waals surface area contributed by atoms with E-state index in [1.54, 1.807) is 0 Å². The summed E-state index contributed by atoms with van der Waals surface area (Å²) in [6.07, 6.45) is 2.81. The number of rotatable bonds is 3. The first kappa shape index (κ1) is 13.3. The Hall–Kier alpha value is -0.720. The summed E-state index contributed by atoms with van der Waals surface area (Å²) in [6, 6.07) is 0. The van der Waals surface area contributed by atoms with Crippen LogP contribution in [-0.2, 0) is 4.74 Å². The largest absolute Gasteiger partial charge is 0.392 e. The molecule has 1 aromatic heterocycles. The summed E-state index contributed by atoms with van der Waals surface area (Å²) in [5, 5.41) is 11.2. The number of aryl methyl sites for hydroxylation is 1. The van der Waals surface area contributed by atoms with Gasteiger partial charge in [-0.25, -0.2) is 4.98 Å². The van der Waals surface area contributed by atoms with E-state index in [-0.39, 0.29) is 17.6 Å². The average Bonchev–Trinajstić information content (AvgIpc) is 2.85. The van der Waals surface area contributed by atoms with Crippen LogP contribution < -0.4 is 4.90 Å². The molecule has 1 saturated heterocycles. The summed E-state index contributed by atoms with van der Waals surface area (Å²) in [6.45, 7) is 6.56. The Labute approximate surface area is 117 Å². The third kappa shape index (κ3) is 2.15. The van der Waals surface area contributed by atoms with Gasteiger partial charge in [0.15, 0.2) is 0 Å². The summed E-state index contributed by atoms with van der Waals surface area (Å²) in [5.41, 5.74) is -0.00770. The zero-order valence-corrected chi connectivity index (χ0v) is 12.3. The highest BCUT2D eigenvalue weighted by molar-refractivity contribution is 7.09. The molecule has 5 nitrogen and oxygen atoms in total. The smallest absolute Gasteiger partial charge is 0.205 e. The fourth-order valence-electron chi connectivity index (χ4n) is 3.35. The Morgan fingerprint density at radius 2 is 2.21 bits per heavy atom. The summed E-state index contributed by atoms with van der Waals surface area (Å²) in [7, 11) is 0. The molecule has 2 atom stereocenters. The van der Waals surface area contributed by atoms with Crippen LogP contribution >= 0.6 is 11.5 Å². The molecule has 0 unspecified atom stereocenters. The highest BCUT2D eigenvalue weighted by Crippen LogP contribution is 2.51. The molecule has 1 aliphatic carbocycles. The van der Waals surface area contributed by atoms with Crippen LogP contribution in [0, 0.1) is 12.3 Å². The van der Waals surface area contributed by atoms with Gasteiger partial charge in [-0.1, -0.05) is 0 Å². The molecule has 2 heterocycles. The predicted octanol–water partition coefficient (Wildman–Crippen LogP) is 1.60. The van der Waals surface area contributed by atoms with Gasteiger partial charge in [-0.2, -0.15) is 4.37 Å². The van der Waals surface area contributed by atoms with Crippen molar-refractivity contribution in [3.63, 3.8) is 0 Å². The van der Waals surface area contributed by atoms with Gasteiger partial charge in [0.05, 0.1) is 12.2 Å². The molecule has 0 radical (unpaired) electrons. The third-order valence-electron chi connectivity index (χ3n) is 4.59. The van der Waals surface area contributed by atoms with E-state index in [1.165, 1.54) is 11.5 Å². The summed E-state index contributed by atoms with van der Waals surface area (Å²) in [4.78, 5) is 6.72. The number of aliphatic hydroxyl groups excluding tert-OH is 1. The lowest BCUT2D eigenvalue weighted by atomic mass is 9.58. The van der Waals surface area contributed by atoms with E-state index in [0.717, 1.165) is 49.9 Å². The maximum Gasteiger partial charge on any atom is 0.205 e. The Balaban J connectivity index is 1.65. The summed E-state index contributed by atoms with van der Waals surface area (Å²) in [5.74, 6) is 0.844. The first-order chi connectivity index (χ1) is 9.15. The number of piperidine rings is 1. The van der Waals surface area contributed by atoms with E-state index in [9.17, 15) is 5.11 Å². The van der Waals surface area contributed by atoms with Crippen molar-refractivity contribution in [2.24, 2.45) is 5.41 Å². The number of aliphatic hydroxyl groups is 1. The molecule has 1 aliphatic heterocycles. The molecule has 106 valence electrons. The highest BCUT2D eigenvalue weighted by atomic mass is 32.1. The molecule has 3 rings (SSSR count). The van der Waals surface area contributed by atoms with E-state index in [0.29, 0.717) is 0 Å². The number of nitrogens with zero attached hydrogens (tertiary/aromatic N) is 3. The molecular weight excluding hydrogens is 262 g/mol. The van der Waals surface area contributed by atoms with Gasteiger partial charge in [0.2, 0.25) is 5.13 Å². The normalized spacial score (nSPS) is 29.5. The van der Waals surface area contributed by atoms with E-state index in [2.05, 4.69) is 14.3 Å². The molecule has 0 bridgehead atoms. The second-order valence-corrected chi connectivity index (χ2v) is 6.27. The minimum absolute atomic E-state index is 0.00770. The Morgan fingerprint density at radius 3 is 2.74 bits per heavy atom. The van der Waals surface area contributed by atoms with Crippen LogP contribution in [-0.4, -0.2) is 46.4 Å². The highest BCUT2D eigenvalue weighted by Gasteiger charge is 2.56. The number of hydrogen-bond acceptors (Lipinski definition) is 6. The molecule has 19 heavy (non-hydrogen) atoms. The van der Waals surface area contributed by atoms with Gasteiger partial charge in [0.1, 0.15) is 5.82 Å². The molecule has 1 N–H and O–H groups in total. The lowest BCUT2D eigenvalue weighted by Crippen LogP contribution is -2.62. The topological polar surface area (TPSA) is 58.5 Å². The van der Waals surface area contributed by atoms with E-state index in [1.807, 2.05) is 13.8 Å². The van der Waals surface area contributed by atoms with Crippen molar-refractivity contribution in [2.75, 3.05) is 24.6 Å². The van der Waals surface area contributed by atoms with Crippen LogP contribution in [0.25, 0.3) is 0 Å². The first-order valence-electron chi connectivity index (χ1n) is 7.00. The predicted molar refractivity (Wildman–Crippen MR) is 74.6 cm³/mol. The van der Waals surface area contributed by atoms with E-state index >= 15 is 0 Å². The van der Waals surface area contributed by atoms with Gasteiger partial charge >= 0.3 is 0 Å². The zero-order valence-electron chi connectivity index (χ0n) is 11.5. The minimum atomic E-state index is -0.192. The summed E-state index contributed by atoms with van der Waals surface area (Å²) >= 11 is 1.46. The van der Waals surface area contributed by atoms with E-state index < -0.39 is 0 Å². The molecule has 2 fully saturated rings. The lowest BCUT2D eigenvalue weighted by Gasteiger charge is -2.56. The van der Waals surface area contributed by atoms with Crippen molar-refractivity contribution >= 4 is 16.7 Å². The first-order valence-corrected chi connectivity index (χ1v) is 7.78. The van der Waals surface area contributed by atoms with Gasteiger partial charge in [-0.3, -0.25) is 0 Å². The molecule has 0 amide bonds. The lowest BCUT2D eigenvalue weighted by molar-refractivity contribution is -0.199. The number of ether oxygens (including phenoxy) is 1. The Morgan fingerprint density at radius 1 is 1.47 bits per heavy atom. The number of anilines is 1. The molecule has 1 saturated carbocycles. The van der Waals surface area contributed by atoms with Crippen LogP contribution in [0.1, 0.15) is 32.0 Å². The third-order valence-corrected chi connectivity index (χ3v) is 5.46. The molecule has 1 spiro atoms. The monoisotopic (exact) mass is 283 g/mol. The summed E-state index contributed by atoms with van der Waals surface area (Å²) < 4.78 is 10.0. The molecule has 1 aromatic rings. The van der Waals surface area contributed by atoms with Crippen LogP contribution in [0.2, 0.25) is 0 Å². The Kier molecular flexibility index (Phi) is 3.49. The van der Waals surface area contributed by atoms with Crippen molar-refractivity contribution in [3.8, 4) is 0 Å². The van der Waals surface area contributed by atoms with Crippen molar-refractivity contribution in [3.05, 3.63) is 5.82 Å². The molecule has 6 heteroatoms. The van der Waals surface area contributed by atoms with Crippen molar-refractivity contribution in [1.82, 2.24) is 9.36 Å². The van der Waals surface area contributed by atoms with Gasteiger partial charge in [-0.05, 0) is 26.7 Å². The quantitative estimate of drug-likeness (QED) is 0.913. The van der Waals surface area contributed by atoms with Gasteiger partial charge in [0.25, 0.3) is 0 Å². The maximum atomic E-state index is 10.2. The van der Waals surface area contributed by atoms with Crippen LogP contribution in [0.15, 0.2) is 0 Å². The van der Waals surface area contributed by atoms with Crippen molar-refractivity contribution < 1.29 is 9.84 Å². The van der Waals surface area contributed by atoms with Crippen molar-refractivity contribution in [2.45, 2.75) is 45.3 Å². The minimum Gasteiger partial charge on any atom is -0.392 e. The molecule has 0 aromatic carbocycles. The molecule has 2 aliphatic rings. The number of hydrogen-bond donors (Lipinski definition) is 1. The second-order valence-electron chi connectivity index (χ2n) is 5.54. The van der Waals surface area contributed by atoms with Crippen LogP contribution in [0.3, 0.4) is 0 Å². The SMILES string of the molecule is CCO[C@H]1C[C@H](O)C12CCN(c1nc(C)ns1)CC2. The maximum absolute atomic E-state index is 10.2. The Bertz CT molecular complexity index is 441. The zero-order chi connectivity index (χ0) is 13.5. The standard InChI is InChI=1S/C13H21N3O2S/c1-3-18-11-8-10(17)13(11)4-6-16(7-5-13)12-14-9(2)15-19-12/h10-11,17H,3-8H2,1-2H3/t10-,11-/m0/s1. The van der Waals surface area contributed by atoms with Gasteiger partial charge in [0, 0.05) is 43.1 Å². The van der Waals surface area contributed by atoms with Crippen LogP contribution in [0.4, 0.5) is 5.13 Å². The fourth-order valence-corrected chi connectivity index (χ4v) is 4.07. The van der Waals surface area contributed by atoms with Crippen molar-refractivity contribution in [1.29, 1.82) is 0 Å². The average molecular weight is 283 g/mol. The second kappa shape index (κ2) is 5.00. The molecular formula is C13H21N3O2S. The van der Waals surface area contributed by atoms with Gasteiger partial charge < -0.3 is 14.7 Å².